The van der Waals surface area contributed by atoms with Crippen LogP contribution >= 0.6 is 15.9 Å². The van der Waals surface area contributed by atoms with Crippen LogP contribution in [0, 0.1) is 5.82 Å². The third kappa shape index (κ3) is 2.15. The number of aromatic nitrogens is 1. The predicted molar refractivity (Wildman–Crippen MR) is 62.2 cm³/mol. The van der Waals surface area contributed by atoms with Crippen molar-refractivity contribution in [1.29, 1.82) is 0 Å². The smallest absolute Gasteiger partial charge is 0.153 e. The van der Waals surface area contributed by atoms with Gasteiger partial charge in [0.1, 0.15) is 11.5 Å². The monoisotopic (exact) mass is 284 g/mol. The van der Waals surface area contributed by atoms with E-state index in [1.165, 1.54) is 6.07 Å². The third-order valence-electron chi connectivity index (χ3n) is 2.18. The zero-order chi connectivity index (χ0) is 11.7. The lowest BCUT2D eigenvalue weighted by Gasteiger charge is -1.98. The van der Waals surface area contributed by atoms with E-state index in [1.54, 1.807) is 25.1 Å². The van der Waals surface area contributed by atoms with Gasteiger partial charge in [-0.15, -0.1) is 0 Å². The van der Waals surface area contributed by atoms with E-state index in [9.17, 15) is 4.39 Å². The van der Waals surface area contributed by atoms with Crippen molar-refractivity contribution in [2.45, 2.75) is 13.0 Å². The second-order valence-electron chi connectivity index (χ2n) is 3.53. The highest BCUT2D eigenvalue weighted by Crippen LogP contribution is 2.26. The molecule has 1 unspecified atom stereocenters. The maximum absolute atomic E-state index is 13.5. The van der Waals surface area contributed by atoms with Gasteiger partial charge >= 0.3 is 0 Å². The van der Waals surface area contributed by atoms with Gasteiger partial charge in [-0.2, -0.15) is 0 Å². The first-order valence-electron chi connectivity index (χ1n) is 4.75. The Morgan fingerprint density at radius 2 is 2.19 bits per heavy atom. The fraction of sp³-hybridized carbons (Fsp3) is 0.182. The van der Waals surface area contributed by atoms with Crippen molar-refractivity contribution < 1.29 is 8.91 Å². The Morgan fingerprint density at radius 3 is 2.81 bits per heavy atom. The fourth-order valence-corrected chi connectivity index (χ4v) is 1.69. The number of hydrogen-bond acceptors (Lipinski definition) is 3. The topological polar surface area (TPSA) is 52.0 Å². The molecule has 0 aliphatic rings. The van der Waals surface area contributed by atoms with Crippen molar-refractivity contribution in [3.8, 4) is 11.3 Å². The first-order valence-corrected chi connectivity index (χ1v) is 5.55. The molecule has 84 valence electrons. The molecule has 0 spiro atoms. The molecule has 5 heteroatoms. The quantitative estimate of drug-likeness (QED) is 0.921. The molecule has 16 heavy (non-hydrogen) atoms. The van der Waals surface area contributed by atoms with Crippen LogP contribution in [0.2, 0.25) is 0 Å². The van der Waals surface area contributed by atoms with E-state index < -0.39 is 0 Å². The first-order chi connectivity index (χ1) is 7.58. The molecule has 0 saturated carbocycles. The van der Waals surface area contributed by atoms with E-state index in [-0.39, 0.29) is 11.9 Å². The van der Waals surface area contributed by atoms with Gasteiger partial charge < -0.3 is 10.3 Å². The highest BCUT2D eigenvalue weighted by atomic mass is 79.9. The molecular weight excluding hydrogens is 275 g/mol. The molecule has 0 bridgehead atoms. The van der Waals surface area contributed by atoms with E-state index in [2.05, 4.69) is 21.1 Å². The van der Waals surface area contributed by atoms with Gasteiger partial charge in [-0.3, -0.25) is 0 Å². The Bertz CT molecular complexity index is 510. The Balaban J connectivity index is 2.46. The van der Waals surface area contributed by atoms with Crippen LogP contribution in [0.1, 0.15) is 18.7 Å². The van der Waals surface area contributed by atoms with E-state index in [0.29, 0.717) is 17.0 Å². The fourth-order valence-electron chi connectivity index (χ4n) is 1.32. The van der Waals surface area contributed by atoms with Crippen LogP contribution < -0.4 is 5.73 Å². The van der Waals surface area contributed by atoms with Crippen LogP contribution in [0.5, 0.6) is 0 Å². The second kappa shape index (κ2) is 4.35. The molecule has 1 aromatic heterocycles. The van der Waals surface area contributed by atoms with Crippen molar-refractivity contribution in [3.63, 3.8) is 0 Å². The van der Waals surface area contributed by atoms with Gasteiger partial charge in [-0.05, 0) is 25.1 Å². The van der Waals surface area contributed by atoms with Crippen LogP contribution in [-0.4, -0.2) is 5.16 Å². The maximum Gasteiger partial charge on any atom is 0.153 e. The van der Waals surface area contributed by atoms with Crippen molar-refractivity contribution >= 4 is 15.9 Å². The van der Waals surface area contributed by atoms with Gasteiger partial charge in [0.25, 0.3) is 0 Å². The normalized spacial score (nSPS) is 12.8. The molecule has 1 heterocycles. The summed E-state index contributed by atoms with van der Waals surface area (Å²) in [7, 11) is 0. The Hall–Kier alpha value is -1.20. The highest BCUT2D eigenvalue weighted by molar-refractivity contribution is 9.10. The maximum atomic E-state index is 13.5. The summed E-state index contributed by atoms with van der Waals surface area (Å²) in [4.78, 5) is 0. The largest absolute Gasteiger partial charge is 0.359 e. The molecule has 2 N–H and O–H groups in total. The molecule has 0 aliphatic heterocycles. The molecular formula is C11H10BrFN2O. The molecule has 0 fully saturated rings. The standard InChI is InChI=1S/C11H10BrFN2O/c1-6(14)11-5-10(15-16-11)8-4-7(12)2-3-9(8)13/h2-6H,14H2,1H3. The number of nitrogens with two attached hydrogens (primary N) is 1. The summed E-state index contributed by atoms with van der Waals surface area (Å²) in [5.74, 6) is 0.196. The number of benzene rings is 1. The van der Waals surface area contributed by atoms with E-state index in [4.69, 9.17) is 10.3 Å². The second-order valence-corrected chi connectivity index (χ2v) is 4.44. The minimum Gasteiger partial charge on any atom is -0.359 e. The molecule has 2 rings (SSSR count). The Morgan fingerprint density at radius 1 is 1.44 bits per heavy atom. The van der Waals surface area contributed by atoms with Crippen molar-refractivity contribution in [2.75, 3.05) is 0 Å². The lowest BCUT2D eigenvalue weighted by Crippen LogP contribution is -2.02. The third-order valence-corrected chi connectivity index (χ3v) is 2.67. The number of rotatable bonds is 2. The average molecular weight is 285 g/mol. The minimum atomic E-state index is -0.340. The highest BCUT2D eigenvalue weighted by Gasteiger charge is 2.13. The van der Waals surface area contributed by atoms with Gasteiger partial charge in [0, 0.05) is 16.1 Å². The lowest BCUT2D eigenvalue weighted by atomic mass is 10.1. The molecule has 3 nitrogen and oxygen atoms in total. The number of hydrogen-bond donors (Lipinski definition) is 1. The molecule has 2 aromatic rings. The van der Waals surface area contributed by atoms with Gasteiger partial charge in [0.15, 0.2) is 5.76 Å². The summed E-state index contributed by atoms with van der Waals surface area (Å²) < 4.78 is 19.3. The zero-order valence-electron chi connectivity index (χ0n) is 8.58. The van der Waals surface area contributed by atoms with E-state index in [0.717, 1.165) is 4.47 Å². The van der Waals surface area contributed by atoms with Crippen molar-refractivity contribution in [1.82, 2.24) is 5.16 Å². The number of halogens is 2. The molecule has 0 amide bonds. The average Bonchev–Trinajstić information content (AvgIpc) is 2.70. The first kappa shape index (κ1) is 11.3. The Labute approximate surface area is 101 Å². The molecule has 0 saturated heterocycles. The van der Waals surface area contributed by atoms with E-state index >= 15 is 0 Å². The van der Waals surface area contributed by atoms with Crippen LogP contribution in [0.15, 0.2) is 33.3 Å². The molecule has 1 aromatic carbocycles. The zero-order valence-corrected chi connectivity index (χ0v) is 10.2. The van der Waals surface area contributed by atoms with Gasteiger partial charge in [-0.1, -0.05) is 21.1 Å². The van der Waals surface area contributed by atoms with Crippen LogP contribution in [-0.2, 0) is 0 Å². The summed E-state index contributed by atoms with van der Waals surface area (Å²) in [6, 6.07) is 6.05. The predicted octanol–water partition coefficient (Wildman–Crippen LogP) is 3.26. The summed E-state index contributed by atoms with van der Waals surface area (Å²) >= 11 is 3.28. The van der Waals surface area contributed by atoms with Crippen molar-refractivity contribution in [2.24, 2.45) is 5.73 Å². The summed E-state index contributed by atoms with van der Waals surface area (Å²) in [6.07, 6.45) is 0. The lowest BCUT2D eigenvalue weighted by molar-refractivity contribution is 0.369. The van der Waals surface area contributed by atoms with Crippen molar-refractivity contribution in [3.05, 3.63) is 40.3 Å². The van der Waals surface area contributed by atoms with Crippen LogP contribution in [0.4, 0.5) is 4.39 Å². The van der Waals surface area contributed by atoms with E-state index in [1.807, 2.05) is 0 Å². The van der Waals surface area contributed by atoms with Crippen LogP contribution in [0.25, 0.3) is 11.3 Å². The minimum absolute atomic E-state index is 0.253. The van der Waals surface area contributed by atoms with Crippen LogP contribution in [0.3, 0.4) is 0 Å². The van der Waals surface area contributed by atoms with Gasteiger partial charge in [0.05, 0.1) is 6.04 Å². The number of nitrogens with zero attached hydrogens (tertiary/aromatic N) is 1. The molecule has 0 radical (unpaired) electrons. The van der Waals surface area contributed by atoms with Gasteiger partial charge in [-0.25, -0.2) is 4.39 Å². The summed E-state index contributed by atoms with van der Waals surface area (Å²) in [6.45, 7) is 1.78. The summed E-state index contributed by atoms with van der Waals surface area (Å²) in [5.41, 5.74) is 6.48. The summed E-state index contributed by atoms with van der Waals surface area (Å²) in [5, 5.41) is 3.79. The van der Waals surface area contributed by atoms with Gasteiger partial charge in [0.2, 0.25) is 0 Å². The molecule has 0 aliphatic carbocycles. The molecule has 1 atom stereocenters. The Kier molecular flexibility index (Phi) is 3.07. The SMILES string of the molecule is CC(N)c1cc(-c2cc(Br)ccc2F)no1.